The normalized spacial score (nSPS) is 11.0. The molecule has 0 saturated heterocycles. The van der Waals surface area contributed by atoms with Crippen LogP contribution in [0.5, 0.6) is 0 Å². The Morgan fingerprint density at radius 2 is 2.00 bits per heavy atom. The first-order valence-corrected chi connectivity index (χ1v) is 7.04. The molecular formula is C18H10F3NO3. The number of oxazole rings is 1. The number of carbonyl (C=O) groups is 1. The van der Waals surface area contributed by atoms with Gasteiger partial charge < -0.3 is 9.15 Å². The summed E-state index contributed by atoms with van der Waals surface area (Å²) in [6, 6.07) is 12.8. The summed E-state index contributed by atoms with van der Waals surface area (Å²) in [5.41, 5.74) is -0.0841. The van der Waals surface area contributed by atoms with E-state index in [1.54, 1.807) is 0 Å². The molecule has 0 aliphatic heterocycles. The molecule has 0 aliphatic carbocycles. The van der Waals surface area contributed by atoms with Crippen molar-refractivity contribution in [2.45, 2.75) is 6.18 Å². The first kappa shape index (κ1) is 16.6. The predicted molar refractivity (Wildman–Crippen MR) is 81.4 cm³/mol. The van der Waals surface area contributed by atoms with Crippen molar-refractivity contribution in [3.8, 4) is 22.8 Å². The standard InChI is InChI=1S/C18H10F3NO3/c1-24-17(23)14-8-3-2-7-13(14)15-10-22-16(25-15)11-5-4-6-12(9-11)18(19,20)21/h4-10H,1H3. The van der Waals surface area contributed by atoms with E-state index in [9.17, 15) is 18.0 Å². The van der Waals surface area contributed by atoms with Crippen LogP contribution >= 0.6 is 0 Å². The molecule has 0 atom stereocenters. The van der Waals surface area contributed by atoms with Crippen molar-refractivity contribution >= 4 is 5.97 Å². The first-order chi connectivity index (χ1) is 11.9. The number of aromatic nitrogens is 1. The van der Waals surface area contributed by atoms with Crippen LogP contribution in [-0.4, -0.2) is 18.1 Å². The minimum Gasteiger partial charge on any atom is -0.465 e. The average Bonchev–Trinajstić information content (AvgIpc) is 3.10. The lowest BCUT2D eigenvalue weighted by atomic mass is 10.1. The van der Waals surface area contributed by atoms with Gasteiger partial charge in [-0.15, -0.1) is 0 Å². The van der Waals surface area contributed by atoms with Crippen LogP contribution in [0.15, 0.2) is 47.0 Å². The van der Waals surface area contributed by atoms with Crippen LogP contribution in [-0.2, 0) is 10.9 Å². The van der Waals surface area contributed by atoms with Crippen molar-refractivity contribution in [3.63, 3.8) is 0 Å². The quantitative estimate of drug-likeness (QED) is 0.660. The van der Waals surface area contributed by atoms with Gasteiger partial charge >= 0.3 is 12.1 Å². The second-order valence-corrected chi connectivity index (χ2v) is 5.00. The molecule has 1 heterocycles. The molecule has 3 rings (SSSR count). The van der Waals surface area contributed by atoms with E-state index in [-0.39, 0.29) is 22.8 Å². The number of esters is 1. The van der Waals surface area contributed by atoms with E-state index < -0.39 is 17.7 Å². The number of ether oxygens (including phenoxy) is 1. The molecule has 0 N–H and O–H groups in total. The molecule has 0 aliphatic rings. The van der Waals surface area contributed by atoms with Crippen LogP contribution < -0.4 is 0 Å². The van der Waals surface area contributed by atoms with Gasteiger partial charge in [-0.05, 0) is 18.2 Å². The summed E-state index contributed by atoms with van der Waals surface area (Å²) in [7, 11) is 1.23. The molecule has 4 nitrogen and oxygen atoms in total. The molecule has 3 aromatic rings. The van der Waals surface area contributed by atoms with E-state index in [1.807, 2.05) is 0 Å². The molecule has 0 unspecified atom stereocenters. The molecule has 25 heavy (non-hydrogen) atoms. The largest absolute Gasteiger partial charge is 0.465 e. The SMILES string of the molecule is COC(=O)c1cc#ccc1-c1cnc(-c2cccc(C(F)(F)F)c2)o1. The Balaban J connectivity index is 2.01. The highest BCUT2D eigenvalue weighted by molar-refractivity contribution is 5.96. The number of benzene rings is 1. The Labute approximate surface area is 140 Å². The van der Waals surface area contributed by atoms with E-state index in [2.05, 4.69) is 21.9 Å². The van der Waals surface area contributed by atoms with E-state index in [1.165, 1.54) is 37.6 Å². The highest BCUT2D eigenvalue weighted by atomic mass is 19.4. The summed E-state index contributed by atoms with van der Waals surface area (Å²) in [5.74, 6) is -0.389. The molecular weight excluding hydrogens is 335 g/mol. The summed E-state index contributed by atoms with van der Waals surface area (Å²) >= 11 is 0. The topological polar surface area (TPSA) is 52.3 Å². The average molecular weight is 345 g/mol. The third-order valence-corrected chi connectivity index (χ3v) is 3.42. The monoisotopic (exact) mass is 345 g/mol. The lowest BCUT2D eigenvalue weighted by molar-refractivity contribution is -0.137. The van der Waals surface area contributed by atoms with Gasteiger partial charge in [0.25, 0.3) is 0 Å². The molecule has 0 radical (unpaired) electrons. The molecule has 1 aromatic heterocycles. The fourth-order valence-corrected chi connectivity index (χ4v) is 2.23. The molecule has 0 amide bonds. The lowest BCUT2D eigenvalue weighted by Gasteiger charge is -2.07. The summed E-state index contributed by atoms with van der Waals surface area (Å²) in [6.07, 6.45) is -3.14. The van der Waals surface area contributed by atoms with Gasteiger partial charge in [-0.25, -0.2) is 9.78 Å². The number of carbonyl (C=O) groups excluding carboxylic acids is 1. The van der Waals surface area contributed by atoms with E-state index >= 15 is 0 Å². The number of nitrogens with zero attached hydrogens (tertiary/aromatic N) is 1. The van der Waals surface area contributed by atoms with Crippen LogP contribution in [0.25, 0.3) is 22.8 Å². The van der Waals surface area contributed by atoms with E-state index in [4.69, 9.17) is 4.42 Å². The van der Waals surface area contributed by atoms with Gasteiger partial charge in [-0.1, -0.05) is 18.2 Å². The first-order valence-electron chi connectivity index (χ1n) is 7.04. The number of hydrogen-bond donors (Lipinski definition) is 0. The Hall–Kier alpha value is -3.27. The summed E-state index contributed by atoms with van der Waals surface area (Å²) in [6.45, 7) is 0. The number of hydrogen-bond acceptors (Lipinski definition) is 4. The van der Waals surface area contributed by atoms with Crippen molar-refractivity contribution in [1.29, 1.82) is 0 Å². The van der Waals surface area contributed by atoms with Crippen molar-refractivity contribution in [3.05, 3.63) is 65.9 Å². The minimum atomic E-state index is -4.46. The van der Waals surface area contributed by atoms with Crippen molar-refractivity contribution in [2.24, 2.45) is 0 Å². The van der Waals surface area contributed by atoms with Crippen LogP contribution in [0.3, 0.4) is 0 Å². The maximum Gasteiger partial charge on any atom is 0.416 e. The fraction of sp³-hybridized carbons (Fsp3) is 0.111. The molecule has 0 spiro atoms. The zero-order valence-corrected chi connectivity index (χ0v) is 12.8. The van der Waals surface area contributed by atoms with Gasteiger partial charge in [0.05, 0.1) is 24.4 Å². The van der Waals surface area contributed by atoms with Gasteiger partial charge in [0.1, 0.15) is 0 Å². The summed E-state index contributed by atoms with van der Waals surface area (Å²) in [4.78, 5) is 15.8. The highest BCUT2D eigenvalue weighted by Crippen LogP contribution is 2.33. The maximum atomic E-state index is 12.8. The number of rotatable bonds is 3. The maximum absolute atomic E-state index is 12.8. The number of alkyl halides is 3. The summed E-state index contributed by atoms with van der Waals surface area (Å²) in [5, 5.41) is 0. The van der Waals surface area contributed by atoms with Crippen molar-refractivity contribution < 1.29 is 27.1 Å². The highest BCUT2D eigenvalue weighted by Gasteiger charge is 2.30. The molecule has 0 bridgehead atoms. The van der Waals surface area contributed by atoms with Crippen LogP contribution in [0, 0.1) is 12.1 Å². The molecule has 0 fully saturated rings. The van der Waals surface area contributed by atoms with Crippen molar-refractivity contribution in [1.82, 2.24) is 4.98 Å². The van der Waals surface area contributed by atoms with Gasteiger partial charge in [0.2, 0.25) is 5.89 Å². The van der Waals surface area contributed by atoms with Crippen LogP contribution in [0.2, 0.25) is 0 Å². The Kier molecular flexibility index (Phi) is 4.19. The Bertz CT molecular complexity index is 916. The molecule has 0 saturated carbocycles. The Morgan fingerprint density at radius 3 is 2.72 bits per heavy atom. The predicted octanol–water partition coefficient (Wildman–Crippen LogP) is 4.41. The molecule has 2 aromatic carbocycles. The third kappa shape index (κ3) is 3.33. The number of halogens is 3. The van der Waals surface area contributed by atoms with Crippen LogP contribution in [0.4, 0.5) is 13.2 Å². The van der Waals surface area contributed by atoms with Gasteiger partial charge in [-0.2, -0.15) is 13.2 Å². The van der Waals surface area contributed by atoms with Crippen molar-refractivity contribution in [2.75, 3.05) is 7.11 Å². The van der Waals surface area contributed by atoms with Gasteiger partial charge in [0.15, 0.2) is 5.76 Å². The van der Waals surface area contributed by atoms with Crippen LogP contribution in [0.1, 0.15) is 15.9 Å². The zero-order valence-electron chi connectivity index (χ0n) is 12.8. The zero-order chi connectivity index (χ0) is 18.0. The van der Waals surface area contributed by atoms with Gasteiger partial charge in [-0.3, -0.25) is 0 Å². The fourth-order valence-electron chi connectivity index (χ4n) is 2.23. The lowest BCUT2D eigenvalue weighted by Crippen LogP contribution is -2.04. The van der Waals surface area contributed by atoms with E-state index in [0.717, 1.165) is 12.1 Å². The minimum absolute atomic E-state index is 0.00440. The second-order valence-electron chi connectivity index (χ2n) is 5.00. The second kappa shape index (κ2) is 6.32. The number of methoxy groups -OCH3 is 1. The summed E-state index contributed by atoms with van der Waals surface area (Å²) < 4.78 is 48.7. The Morgan fingerprint density at radius 1 is 1.24 bits per heavy atom. The smallest absolute Gasteiger partial charge is 0.416 e. The van der Waals surface area contributed by atoms with E-state index in [0.29, 0.717) is 5.56 Å². The third-order valence-electron chi connectivity index (χ3n) is 3.42. The van der Waals surface area contributed by atoms with Gasteiger partial charge in [0, 0.05) is 23.3 Å². The molecule has 7 heteroatoms. The molecule has 126 valence electrons.